The molecule has 2 aromatic carbocycles. The van der Waals surface area contributed by atoms with Gasteiger partial charge >= 0.3 is 0 Å². The first-order valence-electron chi connectivity index (χ1n) is 7.95. The highest BCUT2D eigenvalue weighted by Gasteiger charge is 2.36. The van der Waals surface area contributed by atoms with E-state index in [0.29, 0.717) is 0 Å². The Labute approximate surface area is 140 Å². The van der Waals surface area contributed by atoms with Crippen molar-refractivity contribution < 1.29 is 19.8 Å². The van der Waals surface area contributed by atoms with Crippen LogP contribution in [0.3, 0.4) is 0 Å². The number of aromatic hydroxyl groups is 2. The molecule has 0 spiro atoms. The van der Waals surface area contributed by atoms with Crippen molar-refractivity contribution in [2.45, 2.75) is 25.7 Å². The molecule has 2 N–H and O–H groups in total. The van der Waals surface area contributed by atoms with Crippen molar-refractivity contribution in [2.24, 2.45) is 0 Å². The van der Waals surface area contributed by atoms with Gasteiger partial charge in [-0.15, -0.1) is 0 Å². The highest BCUT2D eigenvalue weighted by atomic mass is 16.3. The first kappa shape index (κ1) is 16.1. The number of carbonyl (C=O) groups is 2. The topological polar surface area (TPSA) is 77.8 Å². The summed E-state index contributed by atoms with van der Waals surface area (Å²) in [5, 5.41) is 18.5. The van der Waals surface area contributed by atoms with Gasteiger partial charge in [0.2, 0.25) is 0 Å². The lowest BCUT2D eigenvalue weighted by atomic mass is 9.92. The largest absolute Gasteiger partial charge is 0.504 e. The first-order valence-corrected chi connectivity index (χ1v) is 7.95. The number of benzene rings is 2. The zero-order chi connectivity index (χ0) is 17.3. The molecule has 2 amide bonds. The van der Waals surface area contributed by atoms with Gasteiger partial charge in [0.05, 0.1) is 11.1 Å². The van der Waals surface area contributed by atoms with Gasteiger partial charge in [-0.25, -0.2) is 0 Å². The Bertz CT molecular complexity index is 788. The Balaban J connectivity index is 0.000000149. The molecule has 0 aromatic heterocycles. The van der Waals surface area contributed by atoms with Gasteiger partial charge in [0.15, 0.2) is 11.5 Å². The molecule has 4 rings (SSSR count). The van der Waals surface area contributed by atoms with E-state index >= 15 is 0 Å². The number of phenolic OH excluding ortho intramolecular Hbond substituents is 2. The van der Waals surface area contributed by atoms with Crippen LogP contribution >= 0.6 is 0 Å². The van der Waals surface area contributed by atoms with Crippen molar-refractivity contribution in [1.29, 1.82) is 0 Å². The number of hydrogen-bond donors (Lipinski definition) is 2. The van der Waals surface area contributed by atoms with Gasteiger partial charge in [0.25, 0.3) is 11.8 Å². The maximum absolute atomic E-state index is 11.4. The number of fused-ring (bicyclic) bond motifs is 2. The zero-order valence-electron chi connectivity index (χ0n) is 13.5. The molecule has 0 saturated carbocycles. The minimum absolute atomic E-state index is 0.118. The molecule has 1 aliphatic carbocycles. The van der Waals surface area contributed by atoms with Crippen molar-refractivity contribution in [3.05, 3.63) is 58.7 Å². The standard InChI is InChI=1S/C10H12.C9H7NO4/c1-2-6-10-8-4-3-7-9(10)5-1;1-10-8(13)4-2-3-5(11)7(12)6(4)9(10)14/h1-2,5-6H,3-4,7-8H2;2-3,11-12H,1H3. The molecule has 124 valence electrons. The molecule has 1 heterocycles. The van der Waals surface area contributed by atoms with E-state index < -0.39 is 23.3 Å². The van der Waals surface area contributed by atoms with E-state index in [1.165, 1.54) is 44.9 Å². The molecule has 0 saturated heterocycles. The van der Waals surface area contributed by atoms with Gasteiger partial charge in [0.1, 0.15) is 0 Å². The lowest BCUT2D eigenvalue weighted by Crippen LogP contribution is -2.24. The third kappa shape index (κ3) is 2.73. The molecule has 0 unspecified atom stereocenters. The Hall–Kier alpha value is -2.82. The summed E-state index contributed by atoms with van der Waals surface area (Å²) in [6.07, 6.45) is 5.38. The molecule has 5 nitrogen and oxygen atoms in total. The molecule has 0 radical (unpaired) electrons. The number of rotatable bonds is 0. The molecule has 2 aromatic rings. The van der Waals surface area contributed by atoms with Crippen LogP contribution in [0.2, 0.25) is 0 Å². The van der Waals surface area contributed by atoms with E-state index in [4.69, 9.17) is 5.11 Å². The van der Waals surface area contributed by atoms with Gasteiger partial charge in [-0.3, -0.25) is 14.5 Å². The van der Waals surface area contributed by atoms with Crippen LogP contribution in [0.25, 0.3) is 0 Å². The second kappa shape index (κ2) is 6.35. The predicted octanol–water partition coefficient (Wildman–Crippen LogP) is 2.89. The molecule has 0 atom stereocenters. The van der Waals surface area contributed by atoms with Crippen LogP contribution in [-0.4, -0.2) is 34.0 Å². The van der Waals surface area contributed by atoms with Crippen LogP contribution in [-0.2, 0) is 12.8 Å². The third-order valence-electron chi connectivity index (χ3n) is 4.47. The van der Waals surface area contributed by atoms with Crippen LogP contribution in [0.4, 0.5) is 0 Å². The number of imide groups is 1. The van der Waals surface area contributed by atoms with Crippen molar-refractivity contribution >= 4 is 11.8 Å². The molecule has 2 aliphatic rings. The van der Waals surface area contributed by atoms with E-state index in [-0.39, 0.29) is 11.1 Å². The van der Waals surface area contributed by atoms with Crippen LogP contribution in [0.5, 0.6) is 11.5 Å². The lowest BCUT2D eigenvalue weighted by molar-refractivity contribution is 0.0692. The summed E-state index contributed by atoms with van der Waals surface area (Å²) in [4.78, 5) is 23.7. The summed E-state index contributed by atoms with van der Waals surface area (Å²) >= 11 is 0. The van der Waals surface area contributed by atoms with Crippen molar-refractivity contribution in [2.75, 3.05) is 7.05 Å². The van der Waals surface area contributed by atoms with E-state index in [1.807, 2.05) is 0 Å². The fourth-order valence-corrected chi connectivity index (χ4v) is 3.09. The highest BCUT2D eigenvalue weighted by molar-refractivity contribution is 6.22. The molecule has 0 fully saturated rings. The molecule has 1 aliphatic heterocycles. The van der Waals surface area contributed by atoms with Crippen molar-refractivity contribution in [1.82, 2.24) is 4.90 Å². The highest BCUT2D eigenvalue weighted by Crippen LogP contribution is 2.35. The van der Waals surface area contributed by atoms with Gasteiger partial charge < -0.3 is 10.2 Å². The Morgan fingerprint density at radius 3 is 2.04 bits per heavy atom. The number of carbonyl (C=O) groups excluding carboxylic acids is 2. The maximum Gasteiger partial charge on any atom is 0.265 e. The molecule has 0 bridgehead atoms. The maximum atomic E-state index is 11.4. The molecular formula is C19H19NO4. The third-order valence-corrected chi connectivity index (χ3v) is 4.47. The molecule has 24 heavy (non-hydrogen) atoms. The Morgan fingerprint density at radius 1 is 0.875 bits per heavy atom. The van der Waals surface area contributed by atoms with E-state index in [9.17, 15) is 14.7 Å². The average Bonchev–Trinajstić information content (AvgIpc) is 2.83. The predicted molar refractivity (Wildman–Crippen MR) is 89.3 cm³/mol. The normalized spacial score (nSPS) is 15.5. The van der Waals surface area contributed by atoms with Gasteiger partial charge in [-0.1, -0.05) is 24.3 Å². The fourth-order valence-electron chi connectivity index (χ4n) is 3.09. The second-order valence-electron chi connectivity index (χ2n) is 6.00. The smallest absolute Gasteiger partial charge is 0.265 e. The van der Waals surface area contributed by atoms with Crippen LogP contribution in [0.1, 0.15) is 44.7 Å². The van der Waals surface area contributed by atoms with Crippen molar-refractivity contribution in [3.63, 3.8) is 0 Å². The SMILES string of the molecule is CN1C(=O)c2ccc(O)c(O)c2C1=O.c1ccc2c(c1)CCCC2. The van der Waals surface area contributed by atoms with Crippen LogP contribution < -0.4 is 0 Å². The Kier molecular flexibility index (Phi) is 4.25. The average molecular weight is 325 g/mol. The zero-order valence-corrected chi connectivity index (χ0v) is 13.5. The Morgan fingerprint density at radius 2 is 1.46 bits per heavy atom. The number of phenols is 2. The van der Waals surface area contributed by atoms with Gasteiger partial charge in [0, 0.05) is 7.05 Å². The van der Waals surface area contributed by atoms with Gasteiger partial charge in [-0.05, 0) is 48.9 Å². The monoisotopic (exact) mass is 325 g/mol. The second-order valence-corrected chi connectivity index (χ2v) is 6.00. The summed E-state index contributed by atoms with van der Waals surface area (Å²) in [5.41, 5.74) is 3.15. The minimum atomic E-state index is -0.599. The van der Waals surface area contributed by atoms with Gasteiger partial charge in [-0.2, -0.15) is 0 Å². The number of amides is 2. The summed E-state index contributed by atoms with van der Waals surface area (Å²) in [6.45, 7) is 0. The minimum Gasteiger partial charge on any atom is -0.504 e. The summed E-state index contributed by atoms with van der Waals surface area (Å²) < 4.78 is 0. The summed E-state index contributed by atoms with van der Waals surface area (Å²) in [5.74, 6) is -2.01. The van der Waals surface area contributed by atoms with Crippen LogP contribution in [0, 0.1) is 0 Å². The van der Waals surface area contributed by atoms with Crippen LogP contribution in [0.15, 0.2) is 36.4 Å². The first-order chi connectivity index (χ1) is 11.5. The van der Waals surface area contributed by atoms with Crippen molar-refractivity contribution in [3.8, 4) is 11.5 Å². The molecule has 5 heteroatoms. The number of nitrogens with zero attached hydrogens (tertiary/aromatic N) is 1. The molecular weight excluding hydrogens is 306 g/mol. The van der Waals surface area contributed by atoms with E-state index in [1.54, 1.807) is 11.1 Å². The number of hydrogen-bond acceptors (Lipinski definition) is 4. The van der Waals surface area contributed by atoms with E-state index in [0.717, 1.165) is 4.90 Å². The number of aryl methyl sites for hydroxylation is 2. The summed E-state index contributed by atoms with van der Waals surface area (Å²) in [7, 11) is 1.32. The summed E-state index contributed by atoms with van der Waals surface area (Å²) in [6, 6.07) is 11.3. The fraction of sp³-hybridized carbons (Fsp3) is 0.263. The quantitative estimate of drug-likeness (QED) is 0.577. The van der Waals surface area contributed by atoms with E-state index in [2.05, 4.69) is 24.3 Å². The lowest BCUT2D eigenvalue weighted by Gasteiger charge is -2.13.